The predicted molar refractivity (Wildman–Crippen MR) is 90.6 cm³/mol. The highest BCUT2D eigenvalue weighted by atomic mass is 79.9. The number of nitrogens with two attached hydrogens (primary N) is 1. The number of hydrogen-bond donors (Lipinski definition) is 1. The van der Waals surface area contributed by atoms with Gasteiger partial charge in [0.1, 0.15) is 0 Å². The Bertz CT molecular complexity index is 586. The van der Waals surface area contributed by atoms with Crippen molar-refractivity contribution in [3.8, 4) is 0 Å². The Morgan fingerprint density at radius 1 is 1.00 bits per heavy atom. The van der Waals surface area contributed by atoms with E-state index in [2.05, 4.69) is 28.1 Å². The van der Waals surface area contributed by atoms with Crippen LogP contribution >= 0.6 is 39.1 Å². The van der Waals surface area contributed by atoms with Crippen molar-refractivity contribution < 1.29 is 0 Å². The first-order valence-corrected chi connectivity index (χ1v) is 8.02. The van der Waals surface area contributed by atoms with Crippen LogP contribution in [0.1, 0.15) is 11.1 Å². The van der Waals surface area contributed by atoms with E-state index in [0.29, 0.717) is 17.5 Å². The van der Waals surface area contributed by atoms with Gasteiger partial charge in [0, 0.05) is 14.5 Å². The fourth-order valence-electron chi connectivity index (χ4n) is 2.22. The zero-order chi connectivity index (χ0) is 14.5. The summed E-state index contributed by atoms with van der Waals surface area (Å²) in [7, 11) is 0. The van der Waals surface area contributed by atoms with E-state index in [1.54, 1.807) is 6.07 Å². The number of rotatable bonds is 5. The third-order valence-corrected chi connectivity index (χ3v) is 4.69. The van der Waals surface area contributed by atoms with Crippen molar-refractivity contribution >= 4 is 39.1 Å². The van der Waals surface area contributed by atoms with Crippen LogP contribution in [0.2, 0.25) is 10.0 Å². The van der Waals surface area contributed by atoms with Crippen molar-refractivity contribution in [3.05, 3.63) is 68.1 Å². The predicted octanol–water partition coefficient (Wildman–Crippen LogP) is 5.12. The van der Waals surface area contributed by atoms with Crippen LogP contribution in [0.5, 0.6) is 0 Å². The fourth-order valence-corrected chi connectivity index (χ4v) is 3.06. The summed E-state index contributed by atoms with van der Waals surface area (Å²) in [5, 5.41) is 1.46. The van der Waals surface area contributed by atoms with Crippen LogP contribution < -0.4 is 5.73 Å². The first-order valence-electron chi connectivity index (χ1n) is 6.47. The molecule has 0 radical (unpaired) electrons. The highest BCUT2D eigenvalue weighted by molar-refractivity contribution is 9.10. The molecule has 4 heteroatoms. The average Bonchev–Trinajstić information content (AvgIpc) is 2.44. The minimum absolute atomic E-state index is 0.338. The quantitative estimate of drug-likeness (QED) is 0.774. The first-order chi connectivity index (χ1) is 9.60. The highest BCUT2D eigenvalue weighted by Crippen LogP contribution is 2.26. The number of benzene rings is 2. The maximum Gasteiger partial charge on any atom is 0.0439 e. The second kappa shape index (κ2) is 7.46. The van der Waals surface area contributed by atoms with Crippen molar-refractivity contribution in [2.45, 2.75) is 12.8 Å². The van der Waals surface area contributed by atoms with Gasteiger partial charge in [-0.3, -0.25) is 0 Å². The molecule has 1 nitrogen and oxygen atoms in total. The molecule has 0 bridgehead atoms. The Labute approximate surface area is 138 Å². The third-order valence-electron chi connectivity index (χ3n) is 3.32. The van der Waals surface area contributed by atoms with E-state index in [9.17, 15) is 0 Å². The Morgan fingerprint density at radius 3 is 2.40 bits per heavy atom. The molecule has 0 fully saturated rings. The van der Waals surface area contributed by atoms with E-state index in [0.717, 1.165) is 27.9 Å². The topological polar surface area (TPSA) is 26.0 Å². The van der Waals surface area contributed by atoms with Gasteiger partial charge in [0.25, 0.3) is 0 Å². The lowest BCUT2D eigenvalue weighted by molar-refractivity contribution is 0.532. The van der Waals surface area contributed by atoms with E-state index in [1.165, 1.54) is 5.56 Å². The molecule has 2 aromatic rings. The van der Waals surface area contributed by atoms with Crippen molar-refractivity contribution in [1.82, 2.24) is 0 Å². The van der Waals surface area contributed by atoms with Gasteiger partial charge in [-0.1, -0.05) is 57.3 Å². The molecule has 0 aromatic heterocycles. The summed E-state index contributed by atoms with van der Waals surface area (Å²) in [5.74, 6) is 0.338. The molecule has 1 unspecified atom stereocenters. The lowest BCUT2D eigenvalue weighted by atomic mass is 9.92. The van der Waals surface area contributed by atoms with E-state index in [1.807, 2.05) is 24.3 Å². The van der Waals surface area contributed by atoms with Crippen molar-refractivity contribution in [2.75, 3.05) is 6.54 Å². The lowest BCUT2D eigenvalue weighted by Gasteiger charge is -2.17. The summed E-state index contributed by atoms with van der Waals surface area (Å²) < 4.78 is 1.12. The molecule has 0 saturated carbocycles. The maximum atomic E-state index is 6.22. The third kappa shape index (κ3) is 4.23. The minimum Gasteiger partial charge on any atom is -0.330 e. The molecule has 0 aliphatic carbocycles. The van der Waals surface area contributed by atoms with Gasteiger partial charge in [-0.15, -0.1) is 0 Å². The van der Waals surface area contributed by atoms with E-state index < -0.39 is 0 Å². The summed E-state index contributed by atoms with van der Waals surface area (Å²) in [4.78, 5) is 0. The summed E-state index contributed by atoms with van der Waals surface area (Å²) >= 11 is 15.8. The zero-order valence-corrected chi connectivity index (χ0v) is 14.0. The largest absolute Gasteiger partial charge is 0.330 e. The van der Waals surface area contributed by atoms with Crippen molar-refractivity contribution in [1.29, 1.82) is 0 Å². The van der Waals surface area contributed by atoms with Crippen LogP contribution in [-0.4, -0.2) is 6.54 Å². The summed E-state index contributed by atoms with van der Waals surface area (Å²) in [5.41, 5.74) is 8.24. The van der Waals surface area contributed by atoms with E-state index >= 15 is 0 Å². The Morgan fingerprint density at radius 2 is 1.70 bits per heavy atom. The Kier molecular flexibility index (Phi) is 5.91. The van der Waals surface area contributed by atoms with Gasteiger partial charge in [-0.2, -0.15) is 0 Å². The molecule has 20 heavy (non-hydrogen) atoms. The van der Waals surface area contributed by atoms with E-state index in [-0.39, 0.29) is 0 Å². The number of hydrogen-bond acceptors (Lipinski definition) is 1. The molecular formula is C16H16BrCl2N. The minimum atomic E-state index is 0.338. The molecule has 1 atom stereocenters. The molecule has 0 aliphatic heterocycles. The normalized spacial score (nSPS) is 12.4. The van der Waals surface area contributed by atoms with Crippen molar-refractivity contribution in [2.24, 2.45) is 11.7 Å². The van der Waals surface area contributed by atoms with Gasteiger partial charge in [-0.05, 0) is 60.7 Å². The highest BCUT2D eigenvalue weighted by Gasteiger charge is 2.13. The summed E-state index contributed by atoms with van der Waals surface area (Å²) in [6, 6.07) is 13.8. The first kappa shape index (κ1) is 15.8. The van der Waals surface area contributed by atoms with Gasteiger partial charge >= 0.3 is 0 Å². The summed E-state index contributed by atoms with van der Waals surface area (Å²) in [6.07, 6.45) is 1.75. The van der Waals surface area contributed by atoms with Gasteiger partial charge in [0.05, 0.1) is 0 Å². The number of halogens is 3. The van der Waals surface area contributed by atoms with Gasteiger partial charge in [-0.25, -0.2) is 0 Å². The smallest absolute Gasteiger partial charge is 0.0439 e. The zero-order valence-electron chi connectivity index (χ0n) is 11.0. The molecular weight excluding hydrogens is 357 g/mol. The molecule has 106 valence electrons. The second-order valence-corrected chi connectivity index (χ2v) is 6.54. The van der Waals surface area contributed by atoms with Gasteiger partial charge in [0.15, 0.2) is 0 Å². The monoisotopic (exact) mass is 371 g/mol. The molecule has 2 N–H and O–H groups in total. The molecule has 0 spiro atoms. The molecule has 0 heterocycles. The van der Waals surface area contributed by atoms with E-state index in [4.69, 9.17) is 28.9 Å². The Hall–Kier alpha value is -0.540. The van der Waals surface area contributed by atoms with Crippen LogP contribution in [0, 0.1) is 5.92 Å². The summed E-state index contributed by atoms with van der Waals surface area (Å²) in [6.45, 7) is 0.615. The standard InChI is InChI=1S/C16H16BrCl2N/c17-15-4-2-1-3-12(15)7-11(10-20)8-13-9-14(18)5-6-16(13)19/h1-6,9,11H,7-8,10,20H2. The molecule has 2 rings (SSSR count). The van der Waals surface area contributed by atoms with Crippen LogP contribution in [0.3, 0.4) is 0 Å². The van der Waals surface area contributed by atoms with Gasteiger partial charge in [0.2, 0.25) is 0 Å². The average molecular weight is 373 g/mol. The SMILES string of the molecule is NCC(Cc1cc(Cl)ccc1Cl)Cc1ccccc1Br. The van der Waals surface area contributed by atoms with Crippen LogP contribution in [0.4, 0.5) is 0 Å². The maximum absolute atomic E-state index is 6.22. The second-order valence-electron chi connectivity index (χ2n) is 4.84. The Balaban J connectivity index is 2.13. The van der Waals surface area contributed by atoms with Crippen LogP contribution in [-0.2, 0) is 12.8 Å². The molecule has 0 amide bonds. The molecule has 2 aromatic carbocycles. The lowest BCUT2D eigenvalue weighted by Crippen LogP contribution is -2.19. The molecule has 0 aliphatic rings. The van der Waals surface area contributed by atoms with Crippen LogP contribution in [0.15, 0.2) is 46.9 Å². The van der Waals surface area contributed by atoms with Gasteiger partial charge < -0.3 is 5.73 Å². The van der Waals surface area contributed by atoms with Crippen molar-refractivity contribution in [3.63, 3.8) is 0 Å². The fraction of sp³-hybridized carbons (Fsp3) is 0.250. The molecule has 0 saturated heterocycles. The van der Waals surface area contributed by atoms with Crippen LogP contribution in [0.25, 0.3) is 0 Å².